The van der Waals surface area contributed by atoms with Crippen LogP contribution in [0, 0.1) is 0 Å². The number of hydrogen-bond donors (Lipinski definition) is 2. The molecule has 2 aliphatic heterocycles. The molecule has 2 aromatic rings. The van der Waals surface area contributed by atoms with Crippen molar-refractivity contribution < 1.29 is 50.9 Å². The number of fused-ring (bicyclic) bond motifs is 1. The molecular formula is C22H25F6N5O5. The van der Waals surface area contributed by atoms with Crippen LogP contribution in [0.25, 0.3) is 0 Å². The monoisotopic (exact) mass is 553 g/mol. The van der Waals surface area contributed by atoms with Crippen molar-refractivity contribution in [3.63, 3.8) is 0 Å². The number of carboxylic acids is 2. The average Bonchev–Trinajstić information content (AvgIpc) is 3.40. The molecule has 0 bridgehead atoms. The molecule has 0 spiro atoms. The van der Waals surface area contributed by atoms with Gasteiger partial charge in [0.05, 0.1) is 24.5 Å². The molecular weight excluding hydrogens is 528 g/mol. The first-order chi connectivity index (χ1) is 17.6. The summed E-state index contributed by atoms with van der Waals surface area (Å²) in [6, 6.07) is 5.46. The first-order valence-corrected chi connectivity index (χ1v) is 11.2. The van der Waals surface area contributed by atoms with Crippen molar-refractivity contribution in [2.24, 2.45) is 7.05 Å². The largest absolute Gasteiger partial charge is 0.490 e. The molecule has 16 heteroatoms. The van der Waals surface area contributed by atoms with E-state index in [4.69, 9.17) is 24.9 Å². The van der Waals surface area contributed by atoms with Gasteiger partial charge in [-0.1, -0.05) is 12.5 Å². The lowest BCUT2D eigenvalue weighted by atomic mass is 10.1. The van der Waals surface area contributed by atoms with Crippen LogP contribution in [0.5, 0.6) is 0 Å². The molecule has 1 amide bonds. The van der Waals surface area contributed by atoms with Crippen LogP contribution in [0.4, 0.5) is 26.3 Å². The van der Waals surface area contributed by atoms with E-state index < -0.39 is 24.3 Å². The fourth-order valence-corrected chi connectivity index (χ4v) is 3.72. The quantitative estimate of drug-likeness (QED) is 0.555. The molecule has 0 saturated carbocycles. The van der Waals surface area contributed by atoms with Crippen molar-refractivity contribution in [2.45, 2.75) is 51.2 Å². The summed E-state index contributed by atoms with van der Waals surface area (Å²) >= 11 is 0. The number of carbonyl (C=O) groups excluding carboxylic acids is 1. The molecule has 0 atom stereocenters. The van der Waals surface area contributed by atoms with Crippen LogP contribution in [-0.2, 0) is 36.3 Å². The van der Waals surface area contributed by atoms with E-state index in [9.17, 15) is 31.1 Å². The Morgan fingerprint density at radius 2 is 1.47 bits per heavy atom. The number of carbonyl (C=O) groups is 3. The van der Waals surface area contributed by atoms with E-state index in [1.54, 1.807) is 12.3 Å². The number of alkyl halides is 6. The summed E-state index contributed by atoms with van der Waals surface area (Å²) in [6.45, 7) is 4.47. The summed E-state index contributed by atoms with van der Waals surface area (Å²) in [4.78, 5) is 39.0. The summed E-state index contributed by atoms with van der Waals surface area (Å²) in [6.07, 6.45) is -4.61. The molecule has 210 valence electrons. The lowest BCUT2D eigenvalue weighted by Gasteiger charge is -2.26. The third kappa shape index (κ3) is 8.71. The molecule has 10 nitrogen and oxygen atoms in total. The van der Waals surface area contributed by atoms with Gasteiger partial charge in [-0.05, 0) is 38.1 Å². The minimum Gasteiger partial charge on any atom is -0.475 e. The Morgan fingerprint density at radius 1 is 0.921 bits per heavy atom. The zero-order valence-corrected chi connectivity index (χ0v) is 20.1. The Kier molecular flexibility index (Phi) is 10.2. The summed E-state index contributed by atoms with van der Waals surface area (Å²) in [5, 5.41) is 19.0. The lowest BCUT2D eigenvalue weighted by Crippen LogP contribution is -2.30. The number of aromatic nitrogens is 3. The summed E-state index contributed by atoms with van der Waals surface area (Å²) in [7, 11) is 1.98. The maximum atomic E-state index is 12.6. The molecule has 0 unspecified atom stereocenters. The molecule has 1 saturated heterocycles. The van der Waals surface area contributed by atoms with Gasteiger partial charge in [-0.3, -0.25) is 19.4 Å². The van der Waals surface area contributed by atoms with Gasteiger partial charge in [-0.25, -0.2) is 9.59 Å². The van der Waals surface area contributed by atoms with E-state index in [0.29, 0.717) is 18.8 Å². The first-order valence-electron chi connectivity index (χ1n) is 11.2. The molecule has 2 aliphatic rings. The maximum Gasteiger partial charge on any atom is 0.490 e. The van der Waals surface area contributed by atoms with Gasteiger partial charge in [-0.2, -0.15) is 31.4 Å². The van der Waals surface area contributed by atoms with Gasteiger partial charge in [-0.15, -0.1) is 0 Å². The Bertz CT molecular complexity index is 1090. The van der Waals surface area contributed by atoms with E-state index in [1.807, 2.05) is 28.8 Å². The average molecular weight is 553 g/mol. The van der Waals surface area contributed by atoms with Crippen LogP contribution in [0.3, 0.4) is 0 Å². The van der Waals surface area contributed by atoms with Crippen molar-refractivity contribution in [1.82, 2.24) is 24.6 Å². The summed E-state index contributed by atoms with van der Waals surface area (Å²) in [5.41, 5.74) is 4.03. The second kappa shape index (κ2) is 12.7. The molecule has 4 heterocycles. The molecule has 1 fully saturated rings. The van der Waals surface area contributed by atoms with Gasteiger partial charge in [0.15, 0.2) is 0 Å². The van der Waals surface area contributed by atoms with Gasteiger partial charge in [0.2, 0.25) is 0 Å². The second-order valence-corrected chi connectivity index (χ2v) is 8.31. The number of nitrogens with zero attached hydrogens (tertiary/aromatic N) is 5. The smallest absolute Gasteiger partial charge is 0.475 e. The fourth-order valence-electron chi connectivity index (χ4n) is 3.72. The summed E-state index contributed by atoms with van der Waals surface area (Å²) in [5.74, 6) is -5.52. The lowest BCUT2D eigenvalue weighted by molar-refractivity contribution is -0.193. The van der Waals surface area contributed by atoms with Gasteiger partial charge < -0.3 is 15.1 Å². The van der Waals surface area contributed by atoms with Gasteiger partial charge in [0.1, 0.15) is 5.69 Å². The van der Waals surface area contributed by atoms with E-state index in [1.165, 1.54) is 24.8 Å². The Balaban J connectivity index is 0.000000301. The Morgan fingerprint density at radius 3 is 1.95 bits per heavy atom. The third-order valence-electron chi connectivity index (χ3n) is 5.53. The number of piperidine rings is 1. The highest BCUT2D eigenvalue weighted by Gasteiger charge is 2.39. The van der Waals surface area contributed by atoms with E-state index in [0.717, 1.165) is 31.0 Å². The predicted octanol–water partition coefficient (Wildman–Crippen LogP) is 3.22. The number of carboxylic acid groups (broad SMARTS) is 2. The van der Waals surface area contributed by atoms with Gasteiger partial charge in [0.25, 0.3) is 5.91 Å². The zero-order chi connectivity index (χ0) is 28.7. The van der Waals surface area contributed by atoms with Crippen LogP contribution in [0.1, 0.15) is 46.7 Å². The van der Waals surface area contributed by atoms with Crippen molar-refractivity contribution in [3.8, 4) is 0 Å². The normalized spacial score (nSPS) is 15.5. The zero-order valence-electron chi connectivity index (χ0n) is 20.1. The number of likely N-dealkylation sites (tertiary alicyclic amines) is 1. The molecule has 4 rings (SSSR count). The second-order valence-electron chi connectivity index (χ2n) is 8.31. The van der Waals surface area contributed by atoms with Crippen LogP contribution in [0.15, 0.2) is 24.4 Å². The maximum absolute atomic E-state index is 12.6. The Labute approximate surface area is 212 Å². The predicted molar refractivity (Wildman–Crippen MR) is 118 cm³/mol. The van der Waals surface area contributed by atoms with Crippen LogP contribution in [-0.4, -0.2) is 78.1 Å². The van der Waals surface area contributed by atoms with Crippen LogP contribution < -0.4 is 0 Å². The first kappa shape index (κ1) is 30.5. The molecule has 0 aromatic carbocycles. The van der Waals surface area contributed by atoms with Crippen molar-refractivity contribution in [3.05, 3.63) is 47.0 Å². The van der Waals surface area contributed by atoms with Crippen molar-refractivity contribution in [1.29, 1.82) is 0 Å². The minimum absolute atomic E-state index is 0.00396. The summed E-state index contributed by atoms with van der Waals surface area (Å²) < 4.78 is 65.4. The van der Waals surface area contributed by atoms with Crippen molar-refractivity contribution in [2.75, 3.05) is 13.1 Å². The highest BCUT2D eigenvalue weighted by Crippen LogP contribution is 2.28. The number of pyridine rings is 1. The third-order valence-corrected chi connectivity index (χ3v) is 5.53. The number of amides is 1. The number of halogens is 6. The highest BCUT2D eigenvalue weighted by molar-refractivity contribution is 5.92. The molecule has 2 N–H and O–H groups in total. The standard InChI is InChI=1S/C18H23N5O.2C2HF3O2/c1-21-17-13-23(18(24)15-7-3-4-8-19-15)11-14(17)16(20-21)12-22-9-5-2-6-10-22;2*3-2(4,5)1(6)7/h3-4,7-8H,2,5-6,9-13H2,1H3;2*(H,6,7). The number of rotatable bonds is 3. The molecule has 38 heavy (non-hydrogen) atoms. The van der Waals surface area contributed by atoms with E-state index >= 15 is 0 Å². The molecule has 0 aliphatic carbocycles. The SMILES string of the molecule is Cn1nc(CN2CCCCC2)c2c1CN(C(=O)c1ccccn1)C2.O=C(O)C(F)(F)F.O=C(O)C(F)(F)F. The minimum atomic E-state index is -5.08. The van der Waals surface area contributed by atoms with Crippen LogP contribution in [0.2, 0.25) is 0 Å². The Hall–Kier alpha value is -3.69. The van der Waals surface area contributed by atoms with Crippen molar-refractivity contribution >= 4 is 17.8 Å². The van der Waals surface area contributed by atoms with Crippen LogP contribution >= 0.6 is 0 Å². The topological polar surface area (TPSA) is 129 Å². The number of aryl methyl sites for hydroxylation is 1. The molecule has 0 radical (unpaired) electrons. The molecule has 2 aromatic heterocycles. The number of hydrogen-bond acceptors (Lipinski definition) is 6. The van der Waals surface area contributed by atoms with Gasteiger partial charge >= 0.3 is 24.3 Å². The van der Waals surface area contributed by atoms with E-state index in [-0.39, 0.29) is 5.91 Å². The highest BCUT2D eigenvalue weighted by atomic mass is 19.4. The fraction of sp³-hybridized carbons (Fsp3) is 0.500. The number of aliphatic carboxylic acids is 2. The van der Waals surface area contributed by atoms with E-state index in [2.05, 4.69) is 9.88 Å². The van der Waals surface area contributed by atoms with Gasteiger partial charge in [0, 0.05) is 25.4 Å².